The quantitative estimate of drug-likeness (QED) is 0.163. The summed E-state index contributed by atoms with van der Waals surface area (Å²) in [7, 11) is 0.965. The van der Waals surface area contributed by atoms with Gasteiger partial charge in [-0.15, -0.1) is 0 Å². The molecule has 0 heterocycles. The Bertz CT molecular complexity index is 376. The highest BCUT2D eigenvalue weighted by atomic mass is 31.2. The van der Waals surface area contributed by atoms with E-state index in [1.165, 1.54) is 6.92 Å². The van der Waals surface area contributed by atoms with Gasteiger partial charge in [0.2, 0.25) is 0 Å². The van der Waals surface area contributed by atoms with Crippen molar-refractivity contribution < 1.29 is 32.5 Å². The standard InChI is InChI=1S/C11H22NO6P/c1-9(2)11(13)16-7-8-17-19(14,15)18-10(3)12(4,5)6/h10H,1,7-8H2,2-6H3. The zero-order valence-electron chi connectivity index (χ0n) is 12.0. The van der Waals surface area contributed by atoms with Crippen LogP contribution in [-0.2, 0) is 23.1 Å². The monoisotopic (exact) mass is 295 g/mol. The molecule has 0 aromatic rings. The average Bonchev–Trinajstić information content (AvgIpc) is 2.21. The Balaban J connectivity index is 4.08. The molecule has 2 unspecified atom stereocenters. The molecule has 0 fully saturated rings. The molecule has 8 heteroatoms. The lowest BCUT2D eigenvalue weighted by Gasteiger charge is -2.34. The predicted octanol–water partition coefficient (Wildman–Crippen LogP) is 0.659. The van der Waals surface area contributed by atoms with Gasteiger partial charge in [0.05, 0.1) is 27.7 Å². The van der Waals surface area contributed by atoms with Crippen LogP contribution in [0.15, 0.2) is 12.2 Å². The topological polar surface area (TPSA) is 84.9 Å². The lowest BCUT2D eigenvalue weighted by molar-refractivity contribution is -0.913. The van der Waals surface area contributed by atoms with Crippen LogP contribution in [0.2, 0.25) is 0 Å². The van der Waals surface area contributed by atoms with Crippen LogP contribution in [0.25, 0.3) is 0 Å². The first-order valence-corrected chi connectivity index (χ1v) is 7.19. The van der Waals surface area contributed by atoms with Gasteiger partial charge in [0.25, 0.3) is 7.82 Å². The highest BCUT2D eigenvalue weighted by molar-refractivity contribution is 7.45. The van der Waals surface area contributed by atoms with Gasteiger partial charge in [-0.25, -0.2) is 4.79 Å². The molecule has 112 valence electrons. The molecule has 0 rings (SSSR count). The number of phosphoric acid groups is 1. The number of hydrogen-bond donors (Lipinski definition) is 0. The van der Waals surface area contributed by atoms with Gasteiger partial charge in [-0.3, -0.25) is 9.09 Å². The Morgan fingerprint density at radius 1 is 1.37 bits per heavy atom. The smallest absolute Gasteiger partial charge is 0.333 e. The molecule has 0 N–H and O–H groups in total. The van der Waals surface area contributed by atoms with Gasteiger partial charge in [-0.05, 0) is 6.92 Å². The first-order chi connectivity index (χ1) is 8.46. The number of quaternary nitrogens is 1. The van der Waals surface area contributed by atoms with E-state index in [1.807, 2.05) is 0 Å². The second-order valence-corrected chi connectivity index (χ2v) is 6.38. The minimum absolute atomic E-state index is 0.181. The number of ether oxygens (including phenoxy) is 1. The van der Waals surface area contributed by atoms with E-state index in [0.29, 0.717) is 4.48 Å². The van der Waals surface area contributed by atoms with E-state index in [2.05, 4.69) is 15.8 Å². The number of carbonyl (C=O) groups is 1. The van der Waals surface area contributed by atoms with Crippen molar-refractivity contribution >= 4 is 13.8 Å². The summed E-state index contributed by atoms with van der Waals surface area (Å²) in [6, 6.07) is 0. The molecule has 0 spiro atoms. The van der Waals surface area contributed by atoms with Crippen molar-refractivity contribution in [3.63, 3.8) is 0 Å². The highest BCUT2D eigenvalue weighted by Gasteiger charge is 2.24. The molecule has 7 nitrogen and oxygen atoms in total. The molecular weight excluding hydrogens is 273 g/mol. The van der Waals surface area contributed by atoms with Crippen molar-refractivity contribution in [2.24, 2.45) is 0 Å². The van der Waals surface area contributed by atoms with Gasteiger partial charge in [0.15, 0.2) is 6.23 Å². The highest BCUT2D eigenvalue weighted by Crippen LogP contribution is 2.40. The van der Waals surface area contributed by atoms with E-state index in [1.54, 1.807) is 28.1 Å². The minimum atomic E-state index is -4.41. The number of carbonyl (C=O) groups excluding carboxylic acids is 1. The van der Waals surface area contributed by atoms with E-state index in [0.717, 1.165) is 0 Å². The zero-order valence-corrected chi connectivity index (χ0v) is 12.9. The second kappa shape index (κ2) is 7.17. The van der Waals surface area contributed by atoms with E-state index in [9.17, 15) is 14.3 Å². The van der Waals surface area contributed by atoms with E-state index < -0.39 is 20.0 Å². The molecule has 0 aliphatic carbocycles. The Hall–Kier alpha value is -0.720. The first-order valence-electron chi connectivity index (χ1n) is 5.73. The minimum Gasteiger partial charge on any atom is -0.756 e. The van der Waals surface area contributed by atoms with Crippen LogP contribution in [-0.4, -0.2) is 51.0 Å². The van der Waals surface area contributed by atoms with Gasteiger partial charge in [0.1, 0.15) is 6.61 Å². The molecule has 0 bridgehead atoms. The SMILES string of the molecule is C=C(C)C(=O)OCCOP(=O)([O-])OC(C)[N+](C)(C)C. The Morgan fingerprint density at radius 3 is 2.32 bits per heavy atom. The third-order valence-corrected chi connectivity index (χ3v) is 3.35. The van der Waals surface area contributed by atoms with Gasteiger partial charge in [0, 0.05) is 12.5 Å². The number of phosphoric ester groups is 1. The van der Waals surface area contributed by atoms with Gasteiger partial charge in [-0.1, -0.05) is 6.58 Å². The van der Waals surface area contributed by atoms with E-state index >= 15 is 0 Å². The summed E-state index contributed by atoms with van der Waals surface area (Å²) in [6.45, 7) is 6.04. The third kappa shape index (κ3) is 8.13. The lowest BCUT2D eigenvalue weighted by Crippen LogP contribution is -2.45. The largest absolute Gasteiger partial charge is 0.756 e. The molecule has 19 heavy (non-hydrogen) atoms. The van der Waals surface area contributed by atoms with Gasteiger partial charge in [-0.2, -0.15) is 0 Å². The summed E-state index contributed by atoms with van der Waals surface area (Å²) >= 11 is 0. The Morgan fingerprint density at radius 2 is 1.89 bits per heavy atom. The fraction of sp³-hybridized carbons (Fsp3) is 0.727. The first kappa shape index (κ1) is 18.3. The molecular formula is C11H22NO6P. The molecule has 0 radical (unpaired) electrons. The van der Waals surface area contributed by atoms with E-state index in [-0.39, 0.29) is 18.8 Å². The number of esters is 1. The van der Waals surface area contributed by atoms with Crippen LogP contribution in [0.4, 0.5) is 0 Å². The van der Waals surface area contributed by atoms with Crippen molar-refractivity contribution in [2.45, 2.75) is 20.1 Å². The molecule has 0 aliphatic heterocycles. The van der Waals surface area contributed by atoms with Crippen LogP contribution in [0.3, 0.4) is 0 Å². The molecule has 0 aromatic heterocycles. The van der Waals surface area contributed by atoms with Crippen LogP contribution < -0.4 is 4.89 Å². The van der Waals surface area contributed by atoms with Gasteiger partial charge >= 0.3 is 5.97 Å². The van der Waals surface area contributed by atoms with Crippen molar-refractivity contribution in [1.29, 1.82) is 0 Å². The summed E-state index contributed by atoms with van der Waals surface area (Å²) in [5, 5.41) is 0. The van der Waals surface area contributed by atoms with Crippen molar-refractivity contribution in [3.8, 4) is 0 Å². The van der Waals surface area contributed by atoms with Crippen LogP contribution in [0.1, 0.15) is 13.8 Å². The zero-order chi connectivity index (χ0) is 15.3. The molecule has 0 amide bonds. The normalized spacial score (nSPS) is 16.5. The molecule has 0 aliphatic rings. The van der Waals surface area contributed by atoms with Crippen molar-refractivity contribution in [2.75, 3.05) is 34.4 Å². The van der Waals surface area contributed by atoms with Crippen LogP contribution >= 0.6 is 7.82 Å². The fourth-order valence-electron chi connectivity index (χ4n) is 0.765. The molecule has 0 saturated heterocycles. The molecule has 2 atom stereocenters. The summed E-state index contributed by atoms with van der Waals surface area (Å²) in [5.74, 6) is -0.593. The van der Waals surface area contributed by atoms with Gasteiger partial charge < -0.3 is 18.6 Å². The summed E-state index contributed by atoms with van der Waals surface area (Å²) in [5.41, 5.74) is 0.236. The van der Waals surface area contributed by atoms with E-state index in [4.69, 9.17) is 4.52 Å². The van der Waals surface area contributed by atoms with Crippen LogP contribution in [0.5, 0.6) is 0 Å². The Labute approximate surface area is 114 Å². The fourth-order valence-corrected chi connectivity index (χ4v) is 1.78. The molecule has 0 aromatic carbocycles. The summed E-state index contributed by atoms with van der Waals surface area (Å²) in [4.78, 5) is 22.5. The van der Waals surface area contributed by atoms with Crippen molar-refractivity contribution in [1.82, 2.24) is 0 Å². The lowest BCUT2D eigenvalue weighted by atomic mass is 10.4. The second-order valence-electron chi connectivity index (χ2n) is 5.02. The van der Waals surface area contributed by atoms with Crippen LogP contribution in [0, 0.1) is 0 Å². The maximum absolute atomic E-state index is 11.5. The summed E-state index contributed by atoms with van der Waals surface area (Å²) < 4.78 is 25.9. The number of hydrogen-bond acceptors (Lipinski definition) is 6. The third-order valence-electron chi connectivity index (χ3n) is 2.29. The van der Waals surface area contributed by atoms with Crippen molar-refractivity contribution in [3.05, 3.63) is 12.2 Å². The average molecular weight is 295 g/mol. The number of nitrogens with zero attached hydrogens (tertiary/aromatic N) is 1. The molecule has 0 saturated carbocycles. The summed E-state index contributed by atoms with van der Waals surface area (Å²) in [6.07, 6.45) is -0.582. The number of rotatable bonds is 8. The maximum atomic E-state index is 11.5. The Kier molecular flexibility index (Phi) is 6.89. The predicted molar refractivity (Wildman–Crippen MR) is 67.9 cm³/mol. The maximum Gasteiger partial charge on any atom is 0.333 e.